The van der Waals surface area contributed by atoms with Gasteiger partial charge in [-0.1, -0.05) is 6.42 Å². The van der Waals surface area contributed by atoms with Crippen LogP contribution in [0.2, 0.25) is 0 Å². The second-order valence-electron chi connectivity index (χ2n) is 7.28. The Morgan fingerprint density at radius 3 is 2.59 bits per heavy atom. The first-order valence-corrected chi connectivity index (χ1v) is 8.96. The van der Waals surface area contributed by atoms with Crippen LogP contribution in [0.15, 0.2) is 18.3 Å². The molecule has 0 spiro atoms. The number of hydrogen-bond donors (Lipinski definition) is 2. The number of nitrogens with zero attached hydrogens (tertiary/aromatic N) is 3. The van der Waals surface area contributed by atoms with Gasteiger partial charge in [-0.15, -0.1) is 0 Å². The Labute approximate surface area is 154 Å². The van der Waals surface area contributed by atoms with Crippen molar-refractivity contribution in [1.29, 1.82) is 0 Å². The molecule has 2 saturated carbocycles. The lowest BCUT2D eigenvalue weighted by Gasteiger charge is -2.35. The van der Waals surface area contributed by atoms with Crippen molar-refractivity contribution in [3.8, 4) is 11.4 Å². The van der Waals surface area contributed by atoms with Crippen LogP contribution < -0.4 is 10.6 Å². The number of halogens is 3. The Bertz CT molecular complexity index is 853. The molecule has 144 valence electrons. The molecule has 27 heavy (non-hydrogen) atoms. The second kappa shape index (κ2) is 6.54. The molecule has 2 aromatic rings. The van der Waals surface area contributed by atoms with Crippen LogP contribution in [0.1, 0.15) is 43.6 Å². The summed E-state index contributed by atoms with van der Waals surface area (Å²) in [5, 5.41) is 9.80. The van der Waals surface area contributed by atoms with Crippen LogP contribution in [0.3, 0.4) is 0 Å². The molecule has 0 unspecified atom stereocenters. The van der Waals surface area contributed by atoms with Crippen molar-refractivity contribution in [2.24, 2.45) is 7.05 Å². The van der Waals surface area contributed by atoms with Crippen molar-refractivity contribution < 1.29 is 18.0 Å². The van der Waals surface area contributed by atoms with Gasteiger partial charge in [0.15, 0.2) is 0 Å². The fourth-order valence-electron chi connectivity index (χ4n) is 3.57. The zero-order chi connectivity index (χ0) is 19.2. The molecule has 0 aromatic carbocycles. The van der Waals surface area contributed by atoms with Gasteiger partial charge in [-0.25, -0.2) is 18.0 Å². The summed E-state index contributed by atoms with van der Waals surface area (Å²) >= 11 is 0. The summed E-state index contributed by atoms with van der Waals surface area (Å²) in [6, 6.07) is 1.81. The predicted octanol–water partition coefficient (Wildman–Crippen LogP) is 3.81. The minimum absolute atomic E-state index is 0.226. The number of hydrogen-bond acceptors (Lipinski definition) is 3. The van der Waals surface area contributed by atoms with Gasteiger partial charge in [-0.2, -0.15) is 5.10 Å². The van der Waals surface area contributed by atoms with Gasteiger partial charge in [0.05, 0.1) is 11.9 Å². The topological polar surface area (TPSA) is 71.8 Å². The van der Waals surface area contributed by atoms with Crippen LogP contribution in [-0.2, 0) is 7.05 Å². The van der Waals surface area contributed by atoms with Crippen LogP contribution >= 0.6 is 0 Å². The van der Waals surface area contributed by atoms with Gasteiger partial charge in [0, 0.05) is 31.5 Å². The van der Waals surface area contributed by atoms with E-state index in [1.165, 1.54) is 6.07 Å². The first-order chi connectivity index (χ1) is 12.8. The molecular weight excluding hydrogens is 359 g/mol. The monoisotopic (exact) mass is 379 g/mol. The fourth-order valence-corrected chi connectivity index (χ4v) is 3.57. The van der Waals surface area contributed by atoms with Gasteiger partial charge in [-0.3, -0.25) is 15.0 Å². The summed E-state index contributed by atoms with van der Waals surface area (Å²) in [5.74, 6) is -2.38. The number of pyridine rings is 1. The van der Waals surface area contributed by atoms with Gasteiger partial charge in [-0.05, 0) is 30.9 Å². The third-order valence-corrected chi connectivity index (χ3v) is 5.22. The van der Waals surface area contributed by atoms with Crippen molar-refractivity contribution in [3.05, 3.63) is 29.7 Å². The maximum absolute atomic E-state index is 13.2. The highest BCUT2D eigenvalue weighted by molar-refractivity contribution is 5.90. The minimum atomic E-state index is -2.69. The number of aromatic nitrogens is 3. The summed E-state index contributed by atoms with van der Waals surface area (Å²) < 4.78 is 40.7. The van der Waals surface area contributed by atoms with Crippen LogP contribution in [0, 0.1) is 5.82 Å². The average molecular weight is 379 g/mol. The smallest absolute Gasteiger partial charge is 0.320 e. The molecule has 0 aliphatic heterocycles. The standard InChI is InChI=1S/C18H20F3N5O/c1-26-16(24-17(27)23-12-7-18(20,21)8-12)14(10-3-2-4-10)15(25-26)13-6-5-11(19)9-22-13/h5-6,9-10,12H,2-4,7-8H2,1H3,(H2,23,24,27). The normalized spacial score (nSPS) is 19.3. The molecule has 0 saturated heterocycles. The van der Waals surface area contributed by atoms with E-state index in [4.69, 9.17) is 0 Å². The minimum Gasteiger partial charge on any atom is -0.335 e. The van der Waals surface area contributed by atoms with Crippen LogP contribution in [0.4, 0.5) is 23.8 Å². The van der Waals surface area contributed by atoms with Crippen molar-refractivity contribution in [2.75, 3.05) is 5.32 Å². The molecule has 6 nitrogen and oxygen atoms in total. The number of aryl methyl sites for hydroxylation is 1. The summed E-state index contributed by atoms with van der Waals surface area (Å²) in [6.07, 6.45) is 3.46. The van der Waals surface area contributed by atoms with E-state index in [0.29, 0.717) is 17.2 Å². The Morgan fingerprint density at radius 1 is 1.30 bits per heavy atom. The highest BCUT2D eigenvalue weighted by atomic mass is 19.3. The number of nitrogens with one attached hydrogen (secondary N) is 2. The van der Waals surface area contributed by atoms with E-state index in [9.17, 15) is 18.0 Å². The second-order valence-corrected chi connectivity index (χ2v) is 7.28. The van der Waals surface area contributed by atoms with E-state index in [0.717, 1.165) is 31.0 Å². The maximum Gasteiger partial charge on any atom is 0.320 e. The summed E-state index contributed by atoms with van der Waals surface area (Å²) in [5.41, 5.74) is 1.99. The molecule has 2 aliphatic rings. The summed E-state index contributed by atoms with van der Waals surface area (Å²) in [4.78, 5) is 16.4. The zero-order valence-electron chi connectivity index (χ0n) is 14.8. The molecule has 2 N–H and O–H groups in total. The van der Waals surface area contributed by atoms with Gasteiger partial charge in [0.2, 0.25) is 0 Å². The first kappa shape index (κ1) is 17.8. The predicted molar refractivity (Wildman–Crippen MR) is 93.1 cm³/mol. The zero-order valence-corrected chi connectivity index (χ0v) is 14.8. The molecule has 2 heterocycles. The molecule has 2 amide bonds. The molecule has 4 rings (SSSR count). The molecule has 9 heteroatoms. The van der Waals surface area contributed by atoms with Gasteiger partial charge in [0.1, 0.15) is 17.3 Å². The number of urea groups is 1. The largest absolute Gasteiger partial charge is 0.335 e. The quantitative estimate of drug-likeness (QED) is 0.849. The lowest BCUT2D eigenvalue weighted by atomic mass is 9.79. The van der Waals surface area contributed by atoms with Gasteiger partial charge >= 0.3 is 6.03 Å². The molecule has 0 bridgehead atoms. The Morgan fingerprint density at radius 2 is 2.04 bits per heavy atom. The van der Waals surface area contributed by atoms with E-state index < -0.39 is 23.8 Å². The number of carbonyl (C=O) groups excluding carboxylic acids is 1. The SMILES string of the molecule is Cn1nc(-c2ccc(F)cn2)c(C2CCC2)c1NC(=O)NC1CC(F)(F)C1. The Balaban J connectivity index is 1.58. The third kappa shape index (κ3) is 3.50. The summed E-state index contributed by atoms with van der Waals surface area (Å²) in [6.45, 7) is 0. The van der Waals surface area contributed by atoms with Gasteiger partial charge < -0.3 is 5.32 Å². The lowest BCUT2D eigenvalue weighted by Crippen LogP contribution is -2.51. The number of alkyl halides is 2. The first-order valence-electron chi connectivity index (χ1n) is 8.96. The van der Waals surface area contributed by atoms with Crippen molar-refractivity contribution >= 4 is 11.8 Å². The van der Waals surface area contributed by atoms with Crippen molar-refractivity contribution in [3.63, 3.8) is 0 Å². The number of rotatable bonds is 4. The summed E-state index contributed by atoms with van der Waals surface area (Å²) in [7, 11) is 1.70. The molecule has 2 aromatic heterocycles. The van der Waals surface area contributed by atoms with E-state index in [-0.39, 0.29) is 18.8 Å². The lowest BCUT2D eigenvalue weighted by molar-refractivity contribution is -0.0893. The number of carbonyl (C=O) groups is 1. The van der Waals surface area contributed by atoms with Crippen LogP contribution in [-0.4, -0.2) is 32.8 Å². The van der Waals surface area contributed by atoms with E-state index in [1.807, 2.05) is 0 Å². The molecular formula is C18H20F3N5O. The fraction of sp³-hybridized carbons (Fsp3) is 0.500. The Hall–Kier alpha value is -2.58. The van der Waals surface area contributed by atoms with E-state index in [2.05, 4.69) is 20.7 Å². The van der Waals surface area contributed by atoms with Crippen molar-refractivity contribution in [2.45, 2.75) is 50.0 Å². The average Bonchev–Trinajstić information content (AvgIpc) is 2.82. The molecule has 0 atom stereocenters. The van der Waals surface area contributed by atoms with E-state index in [1.54, 1.807) is 17.8 Å². The van der Waals surface area contributed by atoms with E-state index >= 15 is 0 Å². The van der Waals surface area contributed by atoms with Crippen molar-refractivity contribution in [1.82, 2.24) is 20.1 Å². The maximum atomic E-state index is 13.2. The highest BCUT2D eigenvalue weighted by Crippen LogP contribution is 2.44. The number of amides is 2. The number of anilines is 1. The molecule has 0 radical (unpaired) electrons. The van der Waals surface area contributed by atoms with Crippen LogP contribution in [0.25, 0.3) is 11.4 Å². The molecule has 2 aliphatic carbocycles. The van der Waals surface area contributed by atoms with Crippen LogP contribution in [0.5, 0.6) is 0 Å². The van der Waals surface area contributed by atoms with Gasteiger partial charge in [0.25, 0.3) is 5.92 Å². The highest BCUT2D eigenvalue weighted by Gasteiger charge is 2.46. The Kier molecular flexibility index (Phi) is 4.32. The molecule has 2 fully saturated rings. The third-order valence-electron chi connectivity index (χ3n) is 5.22.